The lowest BCUT2D eigenvalue weighted by Crippen LogP contribution is -3.00. The first-order chi connectivity index (χ1) is 12.2. The van der Waals surface area contributed by atoms with Gasteiger partial charge in [0, 0.05) is 18.5 Å². The summed E-state index contributed by atoms with van der Waals surface area (Å²) in [4.78, 5) is 23.5. The molecule has 0 bridgehead atoms. The summed E-state index contributed by atoms with van der Waals surface area (Å²) in [5, 5.41) is 0.989. The highest BCUT2D eigenvalue weighted by Gasteiger charge is 2.29. The molecule has 7 heteroatoms. The van der Waals surface area contributed by atoms with Gasteiger partial charge in [0.1, 0.15) is 16.9 Å². The Bertz CT molecular complexity index is 946. The van der Waals surface area contributed by atoms with Crippen LogP contribution in [0.3, 0.4) is 0 Å². The van der Waals surface area contributed by atoms with E-state index in [2.05, 4.69) is 14.9 Å². The van der Waals surface area contributed by atoms with Gasteiger partial charge in [-0.25, -0.2) is 9.97 Å². The van der Waals surface area contributed by atoms with Gasteiger partial charge in [-0.1, -0.05) is 12.1 Å². The summed E-state index contributed by atoms with van der Waals surface area (Å²) in [7, 11) is 0. The molecule has 1 unspecified atom stereocenters. The average Bonchev–Trinajstić information content (AvgIpc) is 3.00. The zero-order valence-electron chi connectivity index (χ0n) is 15.9. The summed E-state index contributed by atoms with van der Waals surface area (Å²) in [6.07, 6.45) is 1.77. The summed E-state index contributed by atoms with van der Waals surface area (Å²) >= 11 is 0. The van der Waals surface area contributed by atoms with Crippen molar-refractivity contribution in [2.24, 2.45) is 5.92 Å². The van der Waals surface area contributed by atoms with Gasteiger partial charge < -0.3 is 26.5 Å². The number of esters is 1. The molecule has 0 amide bonds. The van der Waals surface area contributed by atoms with Crippen LogP contribution >= 0.6 is 0 Å². The van der Waals surface area contributed by atoms with E-state index in [-0.39, 0.29) is 25.7 Å². The first-order valence-electron chi connectivity index (χ1n) is 8.75. The van der Waals surface area contributed by atoms with Crippen LogP contribution in [0.15, 0.2) is 28.7 Å². The lowest BCUT2D eigenvalue weighted by Gasteiger charge is -2.32. The number of aromatic nitrogens is 2. The van der Waals surface area contributed by atoms with E-state index in [4.69, 9.17) is 9.15 Å². The highest BCUT2D eigenvalue weighted by Crippen LogP contribution is 2.34. The largest absolute Gasteiger partial charge is 1.00 e. The molecule has 3 heterocycles. The molecule has 138 valence electrons. The van der Waals surface area contributed by atoms with Crippen molar-refractivity contribution in [3.63, 3.8) is 0 Å². The van der Waals surface area contributed by atoms with E-state index >= 15 is 0 Å². The van der Waals surface area contributed by atoms with E-state index in [1.54, 1.807) is 0 Å². The highest BCUT2D eigenvalue weighted by molar-refractivity contribution is 6.05. The van der Waals surface area contributed by atoms with Crippen molar-refractivity contribution in [2.45, 2.75) is 26.7 Å². The molecule has 1 fully saturated rings. The number of benzene rings is 1. The molecule has 1 aliphatic rings. The standard InChI is InChI=1S/C19H21N3O3.ClH/c1-3-24-19(23)13-7-6-10-22(11-13)18-17-16(20-12(2)21-18)14-8-4-5-9-15(14)25-17;/h4-5,8-9,13H,3,6-7,10-11H2,1-2H3;1H. The van der Waals surface area contributed by atoms with E-state index in [9.17, 15) is 4.79 Å². The Balaban J connectivity index is 0.00000131. The second-order valence-electron chi connectivity index (χ2n) is 6.41. The van der Waals surface area contributed by atoms with E-state index in [0.717, 1.165) is 41.7 Å². The van der Waals surface area contributed by atoms with Gasteiger partial charge in [0.15, 0.2) is 11.4 Å². The zero-order chi connectivity index (χ0) is 17.4. The third-order valence-electron chi connectivity index (χ3n) is 4.65. The quantitative estimate of drug-likeness (QED) is 0.624. The number of hydrogen-bond donors (Lipinski definition) is 0. The number of carbonyl (C=O) groups is 1. The van der Waals surface area contributed by atoms with Crippen molar-refractivity contribution >= 4 is 33.9 Å². The summed E-state index contributed by atoms with van der Waals surface area (Å²) in [5.41, 5.74) is 2.32. The molecule has 1 atom stereocenters. The highest BCUT2D eigenvalue weighted by atomic mass is 35.5. The summed E-state index contributed by atoms with van der Waals surface area (Å²) in [6.45, 7) is 5.58. The van der Waals surface area contributed by atoms with Gasteiger partial charge in [-0.15, -0.1) is 0 Å². The molecule has 2 aromatic heterocycles. The second-order valence-corrected chi connectivity index (χ2v) is 6.41. The molecule has 0 saturated carbocycles. The fraction of sp³-hybridized carbons (Fsp3) is 0.421. The van der Waals surface area contributed by atoms with Crippen LogP contribution in [0, 0.1) is 12.8 Å². The minimum atomic E-state index is -0.126. The maximum atomic E-state index is 12.1. The maximum absolute atomic E-state index is 12.1. The Morgan fingerprint density at radius 3 is 3.00 bits per heavy atom. The Kier molecular flexibility index (Phi) is 5.32. The number of piperidine rings is 1. The molecule has 4 rings (SSSR count). The van der Waals surface area contributed by atoms with E-state index in [1.165, 1.54) is 0 Å². The monoisotopic (exact) mass is 375 g/mol. The average molecular weight is 376 g/mol. The summed E-state index contributed by atoms with van der Waals surface area (Å²) in [6, 6.07) is 7.87. The minimum absolute atomic E-state index is 0. The predicted molar refractivity (Wildman–Crippen MR) is 96.7 cm³/mol. The number of rotatable bonds is 3. The number of halogens is 1. The number of anilines is 1. The van der Waals surface area contributed by atoms with Gasteiger partial charge in [-0.05, 0) is 38.8 Å². The van der Waals surface area contributed by atoms with Gasteiger partial charge in [-0.3, -0.25) is 4.79 Å². The van der Waals surface area contributed by atoms with Crippen molar-refractivity contribution in [3.8, 4) is 0 Å². The number of nitrogens with zero attached hydrogens (tertiary/aromatic N) is 3. The Hall–Kier alpha value is -2.34. The van der Waals surface area contributed by atoms with Crippen molar-refractivity contribution in [2.75, 3.05) is 24.6 Å². The van der Waals surface area contributed by atoms with Crippen molar-refractivity contribution in [1.29, 1.82) is 0 Å². The third kappa shape index (κ3) is 3.21. The molecule has 0 N–H and O–H groups in total. The number of carbonyl (C=O) groups excluding carboxylic acids is 1. The van der Waals surface area contributed by atoms with Crippen LogP contribution in [0.25, 0.3) is 22.1 Å². The first kappa shape index (κ1) is 18.5. The Morgan fingerprint density at radius 2 is 2.19 bits per heavy atom. The Labute approximate surface area is 159 Å². The van der Waals surface area contributed by atoms with E-state index in [1.807, 2.05) is 38.1 Å². The van der Waals surface area contributed by atoms with Crippen LogP contribution in [0.1, 0.15) is 27.0 Å². The predicted octanol–water partition coefficient (Wildman–Crippen LogP) is 0.580. The zero-order valence-corrected chi connectivity index (χ0v) is 15.6. The Morgan fingerprint density at radius 1 is 1.38 bits per heavy atom. The number of hydrogen-bond acceptors (Lipinski definition) is 6. The summed E-state index contributed by atoms with van der Waals surface area (Å²) in [5.74, 6) is 1.22. The van der Waals surface area contributed by atoms with Crippen LogP contribution < -0.4 is 17.3 Å². The smallest absolute Gasteiger partial charge is 1.00 e. The van der Waals surface area contributed by atoms with E-state index in [0.29, 0.717) is 24.6 Å². The minimum Gasteiger partial charge on any atom is -1.00 e. The number of ether oxygens (including phenoxy) is 1. The lowest BCUT2D eigenvalue weighted by atomic mass is 9.98. The van der Waals surface area contributed by atoms with Crippen molar-refractivity contribution < 1.29 is 27.8 Å². The lowest BCUT2D eigenvalue weighted by molar-refractivity contribution is -0.148. The SMILES string of the molecule is CCOC(=O)C1CCCN(c2nc(C)nc3c2oc2ccccc23)C1.[Cl-].[H+]. The van der Waals surface area contributed by atoms with Gasteiger partial charge >= 0.3 is 7.40 Å². The molecule has 6 nitrogen and oxygen atoms in total. The van der Waals surface area contributed by atoms with Gasteiger partial charge in [0.05, 0.1) is 12.5 Å². The third-order valence-corrected chi connectivity index (χ3v) is 4.65. The van der Waals surface area contributed by atoms with Gasteiger partial charge in [-0.2, -0.15) is 0 Å². The van der Waals surface area contributed by atoms with Gasteiger partial charge in [0.2, 0.25) is 0 Å². The molecule has 3 aromatic rings. The molecule has 0 spiro atoms. The number of fused-ring (bicyclic) bond motifs is 3. The topological polar surface area (TPSA) is 68.5 Å². The first-order valence-corrected chi connectivity index (χ1v) is 8.75. The summed E-state index contributed by atoms with van der Waals surface area (Å²) < 4.78 is 11.3. The fourth-order valence-electron chi connectivity index (χ4n) is 3.52. The number of aryl methyl sites for hydroxylation is 1. The number of furan rings is 1. The van der Waals surface area contributed by atoms with E-state index < -0.39 is 0 Å². The molecule has 26 heavy (non-hydrogen) atoms. The van der Waals surface area contributed by atoms with Crippen molar-refractivity contribution in [3.05, 3.63) is 30.1 Å². The molecular weight excluding hydrogens is 354 g/mol. The van der Waals surface area contributed by atoms with Crippen LogP contribution in [0.5, 0.6) is 0 Å². The van der Waals surface area contributed by atoms with Gasteiger partial charge in [0.25, 0.3) is 0 Å². The molecular formula is C19H22ClN3O3. The van der Waals surface area contributed by atoms with Crippen LogP contribution in [0.4, 0.5) is 5.82 Å². The fourth-order valence-corrected chi connectivity index (χ4v) is 3.52. The van der Waals surface area contributed by atoms with Crippen molar-refractivity contribution in [1.82, 2.24) is 9.97 Å². The molecule has 1 aliphatic heterocycles. The number of para-hydroxylation sites is 1. The normalized spacial score (nSPS) is 17.3. The maximum Gasteiger partial charge on any atom is 1.00 e. The molecule has 0 aliphatic carbocycles. The molecule has 1 aromatic carbocycles. The van der Waals surface area contributed by atoms with Crippen LogP contribution in [-0.2, 0) is 9.53 Å². The second kappa shape index (κ2) is 7.50. The molecule has 0 radical (unpaired) electrons. The van der Waals surface area contributed by atoms with Crippen LogP contribution in [0.2, 0.25) is 0 Å². The van der Waals surface area contributed by atoms with Crippen LogP contribution in [-0.4, -0.2) is 35.6 Å². The molecule has 1 saturated heterocycles.